The van der Waals surface area contributed by atoms with Crippen LogP contribution in [0.2, 0.25) is 0 Å². The summed E-state index contributed by atoms with van der Waals surface area (Å²) in [6, 6.07) is 13.8. The Morgan fingerprint density at radius 3 is 2.44 bits per heavy atom. The molecule has 1 heterocycles. The van der Waals surface area contributed by atoms with Gasteiger partial charge in [0.25, 0.3) is 0 Å². The molecular formula is C20H24N2O3. The molecule has 2 aromatic rings. The number of fused-ring (bicyclic) bond motifs is 1. The van der Waals surface area contributed by atoms with Crippen molar-refractivity contribution in [2.24, 2.45) is 0 Å². The molecule has 0 aliphatic carbocycles. The van der Waals surface area contributed by atoms with Crippen LogP contribution in [0.25, 0.3) is 0 Å². The van der Waals surface area contributed by atoms with Crippen LogP contribution in [0.4, 0.5) is 11.4 Å². The Morgan fingerprint density at radius 2 is 1.72 bits per heavy atom. The van der Waals surface area contributed by atoms with Crippen molar-refractivity contribution in [2.45, 2.75) is 12.8 Å². The molecule has 0 fully saturated rings. The van der Waals surface area contributed by atoms with Gasteiger partial charge in [0, 0.05) is 26.6 Å². The number of benzene rings is 2. The van der Waals surface area contributed by atoms with E-state index in [0.29, 0.717) is 24.3 Å². The molecule has 5 nitrogen and oxygen atoms in total. The van der Waals surface area contributed by atoms with Crippen molar-refractivity contribution in [3.8, 4) is 11.5 Å². The zero-order valence-corrected chi connectivity index (χ0v) is 15.0. The molecule has 0 N–H and O–H groups in total. The minimum absolute atomic E-state index is 0.148. The van der Waals surface area contributed by atoms with Gasteiger partial charge in [0.2, 0.25) is 5.91 Å². The summed E-state index contributed by atoms with van der Waals surface area (Å²) >= 11 is 0. The summed E-state index contributed by atoms with van der Waals surface area (Å²) in [5.41, 5.74) is 3.16. The Hall–Kier alpha value is -2.69. The second kappa shape index (κ2) is 7.47. The molecule has 0 unspecified atom stereocenters. The van der Waals surface area contributed by atoms with Crippen LogP contribution >= 0.6 is 0 Å². The topological polar surface area (TPSA) is 42.0 Å². The molecule has 1 aliphatic heterocycles. The minimum atomic E-state index is 0.148. The number of hydrogen-bond acceptors (Lipinski definition) is 4. The van der Waals surface area contributed by atoms with Gasteiger partial charge in [-0.3, -0.25) is 4.79 Å². The van der Waals surface area contributed by atoms with Gasteiger partial charge in [-0.15, -0.1) is 0 Å². The predicted molar refractivity (Wildman–Crippen MR) is 99.9 cm³/mol. The quantitative estimate of drug-likeness (QED) is 0.839. The first-order valence-corrected chi connectivity index (χ1v) is 8.45. The molecule has 25 heavy (non-hydrogen) atoms. The Kier molecular flexibility index (Phi) is 5.12. The predicted octanol–water partition coefficient (Wildman–Crippen LogP) is 3.12. The highest BCUT2D eigenvalue weighted by atomic mass is 16.5. The number of ether oxygens (including phenoxy) is 2. The van der Waals surface area contributed by atoms with Gasteiger partial charge in [-0.2, -0.15) is 0 Å². The van der Waals surface area contributed by atoms with E-state index in [9.17, 15) is 4.79 Å². The molecule has 132 valence electrons. The molecule has 0 saturated carbocycles. The van der Waals surface area contributed by atoms with Gasteiger partial charge in [-0.05, 0) is 36.2 Å². The molecule has 0 aromatic heterocycles. The molecule has 3 rings (SSSR count). The van der Waals surface area contributed by atoms with E-state index in [1.807, 2.05) is 41.3 Å². The summed E-state index contributed by atoms with van der Waals surface area (Å²) in [6.07, 6.45) is 1.14. The number of aryl methyl sites for hydroxylation is 1. The standard InChI is InChI=1S/C20H24N2O3/c1-21-12-13-22(17-7-5-4-6-16(17)21)20(23)11-9-15-8-10-18(24-2)19(14-15)25-3/h4-8,10,14H,9,11-13H2,1-3H3. The smallest absolute Gasteiger partial charge is 0.227 e. The number of nitrogens with zero attached hydrogens (tertiary/aromatic N) is 2. The minimum Gasteiger partial charge on any atom is -0.493 e. The van der Waals surface area contributed by atoms with Gasteiger partial charge < -0.3 is 19.3 Å². The van der Waals surface area contributed by atoms with Crippen LogP contribution in [0.5, 0.6) is 11.5 Å². The number of methoxy groups -OCH3 is 2. The van der Waals surface area contributed by atoms with Gasteiger partial charge in [-0.1, -0.05) is 18.2 Å². The Labute approximate surface area is 148 Å². The van der Waals surface area contributed by atoms with E-state index in [0.717, 1.165) is 30.0 Å². The highest BCUT2D eigenvalue weighted by molar-refractivity contribution is 5.97. The van der Waals surface area contributed by atoms with Crippen LogP contribution in [0.1, 0.15) is 12.0 Å². The van der Waals surface area contributed by atoms with E-state index in [-0.39, 0.29) is 5.91 Å². The lowest BCUT2D eigenvalue weighted by molar-refractivity contribution is -0.118. The molecule has 1 amide bonds. The Bertz CT molecular complexity index is 760. The highest BCUT2D eigenvalue weighted by Gasteiger charge is 2.24. The number of likely N-dealkylation sites (N-methyl/N-ethyl adjacent to an activating group) is 1. The van der Waals surface area contributed by atoms with E-state index in [1.54, 1.807) is 14.2 Å². The summed E-state index contributed by atoms with van der Waals surface area (Å²) < 4.78 is 10.6. The summed E-state index contributed by atoms with van der Waals surface area (Å²) in [6.45, 7) is 1.57. The van der Waals surface area contributed by atoms with Crippen LogP contribution in [0.15, 0.2) is 42.5 Å². The fourth-order valence-electron chi connectivity index (χ4n) is 3.19. The lowest BCUT2D eigenvalue weighted by Crippen LogP contribution is -2.42. The number of carbonyl (C=O) groups excluding carboxylic acids is 1. The van der Waals surface area contributed by atoms with Crippen LogP contribution in [-0.4, -0.2) is 40.3 Å². The number of hydrogen-bond donors (Lipinski definition) is 0. The molecule has 5 heteroatoms. The van der Waals surface area contributed by atoms with Crippen LogP contribution in [-0.2, 0) is 11.2 Å². The maximum atomic E-state index is 12.8. The zero-order chi connectivity index (χ0) is 17.8. The summed E-state index contributed by atoms with van der Waals surface area (Å²) in [5.74, 6) is 1.54. The molecule has 0 bridgehead atoms. The average Bonchev–Trinajstić information content (AvgIpc) is 2.66. The maximum Gasteiger partial charge on any atom is 0.227 e. The van der Waals surface area contributed by atoms with Crippen LogP contribution in [0.3, 0.4) is 0 Å². The van der Waals surface area contributed by atoms with E-state index < -0.39 is 0 Å². The van der Waals surface area contributed by atoms with Gasteiger partial charge in [0.05, 0.1) is 25.6 Å². The zero-order valence-electron chi connectivity index (χ0n) is 15.0. The molecule has 0 radical (unpaired) electrons. The molecule has 0 spiro atoms. The lowest BCUT2D eigenvalue weighted by atomic mass is 10.1. The number of amides is 1. The highest BCUT2D eigenvalue weighted by Crippen LogP contribution is 2.32. The second-order valence-electron chi connectivity index (χ2n) is 6.14. The Balaban J connectivity index is 1.70. The summed E-state index contributed by atoms with van der Waals surface area (Å²) in [4.78, 5) is 16.9. The first-order valence-electron chi connectivity index (χ1n) is 8.45. The first-order chi connectivity index (χ1) is 12.1. The third kappa shape index (κ3) is 3.55. The van der Waals surface area contributed by atoms with Gasteiger partial charge in [0.15, 0.2) is 11.5 Å². The van der Waals surface area contributed by atoms with E-state index in [2.05, 4.69) is 18.0 Å². The molecular weight excluding hydrogens is 316 g/mol. The third-order valence-electron chi connectivity index (χ3n) is 4.62. The first kappa shape index (κ1) is 17.1. The monoisotopic (exact) mass is 340 g/mol. The van der Waals surface area contributed by atoms with Crippen molar-refractivity contribution in [1.29, 1.82) is 0 Å². The van der Waals surface area contributed by atoms with Crippen molar-refractivity contribution in [3.05, 3.63) is 48.0 Å². The van der Waals surface area contributed by atoms with Gasteiger partial charge in [-0.25, -0.2) is 0 Å². The van der Waals surface area contributed by atoms with Gasteiger partial charge >= 0.3 is 0 Å². The van der Waals surface area contributed by atoms with Crippen molar-refractivity contribution < 1.29 is 14.3 Å². The normalized spacial score (nSPS) is 13.4. The number of carbonyl (C=O) groups is 1. The van der Waals surface area contributed by atoms with Crippen molar-refractivity contribution in [2.75, 3.05) is 44.2 Å². The molecule has 1 aliphatic rings. The fraction of sp³-hybridized carbons (Fsp3) is 0.350. The summed E-state index contributed by atoms with van der Waals surface area (Å²) in [5, 5.41) is 0. The molecule has 0 saturated heterocycles. The Morgan fingerprint density at radius 1 is 1.00 bits per heavy atom. The van der Waals surface area contributed by atoms with Crippen LogP contribution < -0.4 is 19.3 Å². The van der Waals surface area contributed by atoms with E-state index in [1.165, 1.54) is 0 Å². The van der Waals surface area contributed by atoms with E-state index >= 15 is 0 Å². The summed E-state index contributed by atoms with van der Waals surface area (Å²) in [7, 11) is 5.30. The molecule has 2 aromatic carbocycles. The number of para-hydroxylation sites is 2. The molecule has 0 atom stereocenters. The van der Waals surface area contributed by atoms with E-state index in [4.69, 9.17) is 9.47 Å². The maximum absolute atomic E-state index is 12.8. The van der Waals surface area contributed by atoms with Crippen molar-refractivity contribution in [1.82, 2.24) is 0 Å². The lowest BCUT2D eigenvalue weighted by Gasteiger charge is -2.35. The number of anilines is 2. The van der Waals surface area contributed by atoms with Crippen molar-refractivity contribution >= 4 is 17.3 Å². The SMILES string of the molecule is COc1ccc(CCC(=O)N2CCN(C)c3ccccc32)cc1OC. The second-order valence-corrected chi connectivity index (χ2v) is 6.14. The average molecular weight is 340 g/mol. The fourth-order valence-corrected chi connectivity index (χ4v) is 3.19. The van der Waals surface area contributed by atoms with Gasteiger partial charge in [0.1, 0.15) is 0 Å². The van der Waals surface area contributed by atoms with Crippen molar-refractivity contribution in [3.63, 3.8) is 0 Å². The third-order valence-corrected chi connectivity index (χ3v) is 4.62. The van der Waals surface area contributed by atoms with Crippen LogP contribution in [0, 0.1) is 0 Å². The largest absolute Gasteiger partial charge is 0.493 e. The number of rotatable bonds is 5.